The topological polar surface area (TPSA) is 102 Å². The summed E-state index contributed by atoms with van der Waals surface area (Å²) in [5, 5.41) is 6.96. The van der Waals surface area contributed by atoms with Crippen LogP contribution in [0.2, 0.25) is 0 Å². The van der Waals surface area contributed by atoms with Crippen LogP contribution in [0.15, 0.2) is 55.1 Å². The lowest BCUT2D eigenvalue weighted by atomic mass is 9.96. The minimum Gasteiger partial charge on any atom is -0.370 e. The fraction of sp³-hybridized carbons (Fsp3) is 0.240. The average molecular weight is 475 g/mol. The number of benzene rings is 1. The molecular weight excluding hydrogens is 448 g/mol. The Morgan fingerprint density at radius 2 is 2.00 bits per heavy atom. The number of ether oxygens (including phenoxy) is 1. The van der Waals surface area contributed by atoms with Gasteiger partial charge in [-0.25, -0.2) is 9.97 Å². The van der Waals surface area contributed by atoms with Gasteiger partial charge >= 0.3 is 0 Å². The molecule has 0 bridgehead atoms. The van der Waals surface area contributed by atoms with Gasteiger partial charge in [-0.1, -0.05) is 25.1 Å². The molecule has 1 amide bonds. The van der Waals surface area contributed by atoms with Gasteiger partial charge in [0.15, 0.2) is 0 Å². The first kappa shape index (κ1) is 23.6. The highest BCUT2D eigenvalue weighted by Gasteiger charge is 2.16. The third-order valence-electron chi connectivity index (χ3n) is 5.91. The van der Waals surface area contributed by atoms with Crippen LogP contribution in [-0.2, 0) is 18.0 Å². The number of amides is 1. The van der Waals surface area contributed by atoms with Crippen LogP contribution in [0, 0.1) is 0 Å². The largest absolute Gasteiger partial charge is 0.370 e. The number of hydrogen-bond donors (Lipinski definition) is 2. The normalized spacial score (nSPS) is 13.1. The SMILES string of the molecule is CNC(=O)c1ccnc2c([C@H](C)CNc3cc(-c4cnc5c(c4)COC5)ncn3)cccc12.S. The summed E-state index contributed by atoms with van der Waals surface area (Å²) in [6.45, 7) is 3.93. The van der Waals surface area contributed by atoms with Crippen LogP contribution in [-0.4, -0.2) is 39.4 Å². The van der Waals surface area contributed by atoms with Crippen molar-refractivity contribution >= 4 is 36.1 Å². The van der Waals surface area contributed by atoms with Crippen molar-refractivity contribution in [3.05, 3.63) is 77.5 Å². The van der Waals surface area contributed by atoms with E-state index in [0.717, 1.165) is 44.8 Å². The maximum atomic E-state index is 12.3. The van der Waals surface area contributed by atoms with E-state index in [1.807, 2.05) is 24.4 Å². The number of nitrogens with zero attached hydrogens (tertiary/aromatic N) is 4. The molecule has 1 aliphatic rings. The lowest BCUT2D eigenvalue weighted by Crippen LogP contribution is -2.18. The molecule has 4 heterocycles. The Hall–Kier alpha value is -3.56. The van der Waals surface area contributed by atoms with Crippen molar-refractivity contribution < 1.29 is 9.53 Å². The molecule has 1 aliphatic heterocycles. The number of rotatable bonds is 6. The standard InChI is InChI=1S/C25H24N6O2.H2S/c1-15(18-4-3-5-19-20(25(32)26-2)6-7-27-24(18)19)10-29-23-9-21(30-14-31-23)16-8-17-12-33-13-22(17)28-11-16;/h3-9,11,14-15H,10,12-13H2,1-2H3,(H,26,32)(H,29,30,31);1H2/t15-;/m1./s1. The quantitative estimate of drug-likeness (QED) is 0.438. The zero-order valence-corrected chi connectivity index (χ0v) is 20.0. The highest BCUT2D eigenvalue weighted by molar-refractivity contribution is 7.59. The summed E-state index contributed by atoms with van der Waals surface area (Å²) < 4.78 is 5.46. The van der Waals surface area contributed by atoms with Gasteiger partial charge in [-0.05, 0) is 17.7 Å². The first-order valence-electron chi connectivity index (χ1n) is 10.9. The zero-order chi connectivity index (χ0) is 22.8. The van der Waals surface area contributed by atoms with Gasteiger partial charge in [0.25, 0.3) is 5.91 Å². The lowest BCUT2D eigenvalue weighted by molar-refractivity contribution is 0.0964. The molecule has 0 spiro atoms. The van der Waals surface area contributed by atoms with E-state index in [2.05, 4.69) is 49.6 Å². The maximum Gasteiger partial charge on any atom is 0.251 e. The molecule has 34 heavy (non-hydrogen) atoms. The third-order valence-corrected chi connectivity index (χ3v) is 5.91. The predicted octanol–water partition coefficient (Wildman–Crippen LogP) is 3.81. The van der Waals surface area contributed by atoms with E-state index in [-0.39, 0.29) is 25.3 Å². The van der Waals surface area contributed by atoms with Gasteiger partial charge in [-0.3, -0.25) is 14.8 Å². The van der Waals surface area contributed by atoms with Crippen molar-refractivity contribution in [1.29, 1.82) is 0 Å². The van der Waals surface area contributed by atoms with E-state index >= 15 is 0 Å². The number of para-hydroxylation sites is 1. The Bertz CT molecular complexity index is 1350. The summed E-state index contributed by atoms with van der Waals surface area (Å²) >= 11 is 0. The minimum absolute atomic E-state index is 0. The van der Waals surface area contributed by atoms with Gasteiger partial charge in [0.05, 0.1) is 35.7 Å². The maximum absolute atomic E-state index is 12.3. The smallest absolute Gasteiger partial charge is 0.251 e. The number of pyridine rings is 2. The second-order valence-corrected chi connectivity index (χ2v) is 8.07. The molecule has 2 N–H and O–H groups in total. The van der Waals surface area contributed by atoms with Gasteiger partial charge in [0.1, 0.15) is 12.1 Å². The molecule has 174 valence electrons. The van der Waals surface area contributed by atoms with Crippen molar-refractivity contribution in [3.63, 3.8) is 0 Å². The number of fused-ring (bicyclic) bond motifs is 2. The number of carbonyl (C=O) groups is 1. The molecule has 0 unspecified atom stereocenters. The second kappa shape index (κ2) is 10.1. The Balaban J connectivity index is 0.00000274. The Morgan fingerprint density at radius 3 is 2.85 bits per heavy atom. The number of nitrogens with one attached hydrogen (secondary N) is 2. The van der Waals surface area contributed by atoms with Crippen LogP contribution in [0.25, 0.3) is 22.2 Å². The van der Waals surface area contributed by atoms with Crippen LogP contribution in [0.3, 0.4) is 0 Å². The van der Waals surface area contributed by atoms with E-state index in [0.29, 0.717) is 25.3 Å². The van der Waals surface area contributed by atoms with Crippen LogP contribution >= 0.6 is 13.5 Å². The highest BCUT2D eigenvalue weighted by atomic mass is 32.1. The van der Waals surface area contributed by atoms with Crippen molar-refractivity contribution in [1.82, 2.24) is 25.3 Å². The number of anilines is 1. The molecule has 4 aromatic rings. The van der Waals surface area contributed by atoms with Crippen LogP contribution < -0.4 is 10.6 Å². The average Bonchev–Trinajstić information content (AvgIpc) is 3.34. The fourth-order valence-electron chi connectivity index (χ4n) is 4.10. The molecule has 0 saturated heterocycles. The molecule has 3 aromatic heterocycles. The summed E-state index contributed by atoms with van der Waals surface area (Å²) in [7, 11) is 1.63. The predicted molar refractivity (Wildman–Crippen MR) is 136 cm³/mol. The van der Waals surface area contributed by atoms with Gasteiger partial charge in [-0.2, -0.15) is 13.5 Å². The van der Waals surface area contributed by atoms with Crippen LogP contribution in [0.1, 0.15) is 40.0 Å². The summed E-state index contributed by atoms with van der Waals surface area (Å²) in [6, 6.07) is 11.7. The molecular formula is C25H26N6O2S. The summed E-state index contributed by atoms with van der Waals surface area (Å²) in [5.74, 6) is 0.757. The zero-order valence-electron chi connectivity index (χ0n) is 19.0. The number of carbonyl (C=O) groups excluding carboxylic acids is 1. The molecule has 8 nitrogen and oxygen atoms in total. The van der Waals surface area contributed by atoms with Crippen molar-refractivity contribution in [2.75, 3.05) is 18.9 Å². The van der Waals surface area contributed by atoms with E-state index in [1.165, 1.54) is 0 Å². The summed E-state index contributed by atoms with van der Waals surface area (Å²) in [6.07, 6.45) is 5.07. The second-order valence-electron chi connectivity index (χ2n) is 8.07. The molecule has 0 aliphatic carbocycles. The van der Waals surface area contributed by atoms with Gasteiger partial charge in [0, 0.05) is 54.5 Å². The Kier molecular flexibility index (Phi) is 7.04. The first-order chi connectivity index (χ1) is 16.1. The fourth-order valence-corrected chi connectivity index (χ4v) is 4.10. The van der Waals surface area contributed by atoms with Gasteiger partial charge in [-0.15, -0.1) is 0 Å². The minimum atomic E-state index is -0.119. The van der Waals surface area contributed by atoms with Crippen molar-refractivity contribution in [3.8, 4) is 11.3 Å². The molecule has 5 rings (SSSR count). The molecule has 0 radical (unpaired) electrons. The molecule has 1 aromatic carbocycles. The summed E-state index contributed by atoms with van der Waals surface area (Å²) in [5.41, 5.74) is 6.38. The van der Waals surface area contributed by atoms with Crippen LogP contribution in [0.4, 0.5) is 5.82 Å². The van der Waals surface area contributed by atoms with E-state index in [9.17, 15) is 4.79 Å². The monoisotopic (exact) mass is 474 g/mol. The Morgan fingerprint density at radius 1 is 1.12 bits per heavy atom. The van der Waals surface area contributed by atoms with Crippen LogP contribution in [0.5, 0.6) is 0 Å². The highest BCUT2D eigenvalue weighted by Crippen LogP contribution is 2.28. The number of aromatic nitrogens is 4. The molecule has 9 heteroatoms. The van der Waals surface area contributed by atoms with Gasteiger partial charge < -0.3 is 15.4 Å². The summed E-state index contributed by atoms with van der Waals surface area (Å²) in [4.78, 5) is 30.1. The van der Waals surface area contributed by atoms with Gasteiger partial charge in [0.2, 0.25) is 0 Å². The first-order valence-corrected chi connectivity index (χ1v) is 10.9. The number of hydrogen-bond acceptors (Lipinski definition) is 7. The van der Waals surface area contributed by atoms with E-state index < -0.39 is 0 Å². The molecule has 0 fully saturated rings. The van der Waals surface area contributed by atoms with E-state index in [1.54, 1.807) is 25.6 Å². The van der Waals surface area contributed by atoms with Crippen molar-refractivity contribution in [2.24, 2.45) is 0 Å². The third kappa shape index (κ3) is 4.57. The lowest BCUT2D eigenvalue weighted by Gasteiger charge is -2.16. The Labute approximate surface area is 204 Å². The molecule has 0 saturated carbocycles. The molecule has 1 atom stereocenters. The van der Waals surface area contributed by atoms with E-state index in [4.69, 9.17) is 4.74 Å². The van der Waals surface area contributed by atoms with Crippen molar-refractivity contribution in [2.45, 2.75) is 26.1 Å².